The Morgan fingerprint density at radius 3 is 2.88 bits per heavy atom. The molecule has 1 saturated heterocycles. The molecule has 16 heavy (non-hydrogen) atoms. The summed E-state index contributed by atoms with van der Waals surface area (Å²) in [5, 5.41) is 3.45. The van der Waals surface area contributed by atoms with Gasteiger partial charge in [-0.2, -0.15) is 0 Å². The number of unbranched alkanes of at least 4 members (excludes halogenated alkanes) is 2. The van der Waals surface area contributed by atoms with Gasteiger partial charge < -0.3 is 10.1 Å². The molecular formula is C13H28N2O. The van der Waals surface area contributed by atoms with Crippen LogP contribution >= 0.6 is 0 Å². The highest BCUT2D eigenvalue weighted by atomic mass is 16.5. The highest BCUT2D eigenvalue weighted by Gasteiger charge is 2.17. The molecule has 1 fully saturated rings. The van der Waals surface area contributed by atoms with Gasteiger partial charge >= 0.3 is 0 Å². The largest absolute Gasteiger partial charge is 0.379 e. The molecule has 0 aromatic heterocycles. The summed E-state index contributed by atoms with van der Waals surface area (Å²) in [7, 11) is 0. The van der Waals surface area contributed by atoms with Gasteiger partial charge in [-0.3, -0.25) is 4.90 Å². The van der Waals surface area contributed by atoms with Gasteiger partial charge in [0, 0.05) is 12.6 Å². The normalized spacial score (nSPS) is 22.5. The zero-order valence-corrected chi connectivity index (χ0v) is 11.0. The molecule has 96 valence electrons. The van der Waals surface area contributed by atoms with Crippen LogP contribution in [0.25, 0.3) is 0 Å². The third-order valence-corrected chi connectivity index (χ3v) is 3.23. The van der Waals surface area contributed by atoms with E-state index in [1.54, 1.807) is 0 Å². The van der Waals surface area contributed by atoms with Gasteiger partial charge in [0.05, 0.1) is 13.2 Å². The second kappa shape index (κ2) is 8.97. The monoisotopic (exact) mass is 228 g/mol. The van der Waals surface area contributed by atoms with Crippen LogP contribution < -0.4 is 5.32 Å². The summed E-state index contributed by atoms with van der Waals surface area (Å²) in [5.41, 5.74) is 0. The molecule has 3 heteroatoms. The Morgan fingerprint density at radius 1 is 1.25 bits per heavy atom. The van der Waals surface area contributed by atoms with E-state index in [0.717, 1.165) is 19.8 Å². The first-order valence-corrected chi connectivity index (χ1v) is 6.87. The van der Waals surface area contributed by atoms with E-state index in [0.29, 0.717) is 6.04 Å². The maximum Gasteiger partial charge on any atom is 0.0619 e. The van der Waals surface area contributed by atoms with Crippen LogP contribution in [0.1, 0.15) is 39.5 Å². The first-order chi connectivity index (χ1) is 7.84. The standard InChI is InChI=1S/C13H28N2O/c1-3-7-14-8-5-4-6-9-15-10-11-16-12-13(15)2/h13-14H,3-12H2,1-2H3. The molecule has 1 unspecified atom stereocenters. The lowest BCUT2D eigenvalue weighted by atomic mass is 10.2. The quantitative estimate of drug-likeness (QED) is 0.642. The fourth-order valence-corrected chi connectivity index (χ4v) is 2.14. The van der Waals surface area contributed by atoms with Gasteiger partial charge in [-0.15, -0.1) is 0 Å². The molecule has 1 rings (SSSR count). The molecule has 0 bridgehead atoms. The Kier molecular flexibility index (Phi) is 7.81. The van der Waals surface area contributed by atoms with Gasteiger partial charge in [0.15, 0.2) is 0 Å². The molecule has 0 aromatic carbocycles. The van der Waals surface area contributed by atoms with Gasteiger partial charge in [0.1, 0.15) is 0 Å². The zero-order valence-electron chi connectivity index (χ0n) is 11.0. The van der Waals surface area contributed by atoms with Crippen LogP contribution in [0.3, 0.4) is 0 Å². The van der Waals surface area contributed by atoms with Gasteiger partial charge in [0.2, 0.25) is 0 Å². The first-order valence-electron chi connectivity index (χ1n) is 6.87. The highest BCUT2D eigenvalue weighted by molar-refractivity contribution is 4.70. The summed E-state index contributed by atoms with van der Waals surface area (Å²) < 4.78 is 5.43. The van der Waals surface area contributed by atoms with Crippen LogP contribution in [-0.2, 0) is 4.74 Å². The minimum Gasteiger partial charge on any atom is -0.379 e. The van der Waals surface area contributed by atoms with Crippen LogP contribution in [0, 0.1) is 0 Å². The van der Waals surface area contributed by atoms with Crippen molar-refractivity contribution in [2.24, 2.45) is 0 Å². The number of nitrogens with zero attached hydrogens (tertiary/aromatic N) is 1. The molecule has 0 spiro atoms. The van der Waals surface area contributed by atoms with Crippen molar-refractivity contribution in [2.45, 2.75) is 45.6 Å². The molecule has 1 atom stereocenters. The topological polar surface area (TPSA) is 24.5 Å². The van der Waals surface area contributed by atoms with Crippen molar-refractivity contribution in [3.63, 3.8) is 0 Å². The van der Waals surface area contributed by atoms with Gasteiger partial charge in [-0.25, -0.2) is 0 Å². The van der Waals surface area contributed by atoms with E-state index in [1.165, 1.54) is 45.3 Å². The highest BCUT2D eigenvalue weighted by Crippen LogP contribution is 2.07. The van der Waals surface area contributed by atoms with Crippen molar-refractivity contribution in [3.8, 4) is 0 Å². The van der Waals surface area contributed by atoms with E-state index in [1.807, 2.05) is 0 Å². The fourth-order valence-electron chi connectivity index (χ4n) is 2.14. The Hall–Kier alpha value is -0.120. The third-order valence-electron chi connectivity index (χ3n) is 3.23. The van der Waals surface area contributed by atoms with Crippen LogP contribution in [0.15, 0.2) is 0 Å². The third kappa shape index (κ3) is 5.83. The van der Waals surface area contributed by atoms with Gasteiger partial charge in [0.25, 0.3) is 0 Å². The summed E-state index contributed by atoms with van der Waals surface area (Å²) in [6.07, 6.45) is 5.24. The van der Waals surface area contributed by atoms with Crippen molar-refractivity contribution < 1.29 is 4.74 Å². The predicted molar refractivity (Wildman–Crippen MR) is 68.9 cm³/mol. The summed E-state index contributed by atoms with van der Waals surface area (Å²) in [4.78, 5) is 2.56. The predicted octanol–water partition coefficient (Wildman–Crippen LogP) is 1.88. The van der Waals surface area contributed by atoms with Crippen molar-refractivity contribution in [3.05, 3.63) is 0 Å². The van der Waals surface area contributed by atoms with E-state index in [-0.39, 0.29) is 0 Å². The van der Waals surface area contributed by atoms with Gasteiger partial charge in [-0.05, 0) is 45.8 Å². The Bertz CT molecular complexity index is 164. The van der Waals surface area contributed by atoms with E-state index >= 15 is 0 Å². The number of morpholine rings is 1. The van der Waals surface area contributed by atoms with Crippen LogP contribution in [0.5, 0.6) is 0 Å². The molecule has 0 saturated carbocycles. The van der Waals surface area contributed by atoms with Gasteiger partial charge in [-0.1, -0.05) is 13.3 Å². The molecule has 1 aliphatic heterocycles. The Morgan fingerprint density at radius 2 is 2.12 bits per heavy atom. The average Bonchev–Trinajstić information content (AvgIpc) is 2.30. The second-order valence-corrected chi connectivity index (χ2v) is 4.77. The number of ether oxygens (including phenoxy) is 1. The fraction of sp³-hybridized carbons (Fsp3) is 1.00. The van der Waals surface area contributed by atoms with E-state index in [4.69, 9.17) is 4.74 Å². The maximum absolute atomic E-state index is 5.43. The summed E-state index contributed by atoms with van der Waals surface area (Å²) in [6.45, 7) is 11.0. The van der Waals surface area contributed by atoms with Crippen LogP contribution in [0.4, 0.5) is 0 Å². The molecule has 0 aliphatic carbocycles. The van der Waals surface area contributed by atoms with E-state index in [9.17, 15) is 0 Å². The van der Waals surface area contributed by atoms with Crippen molar-refractivity contribution in [1.29, 1.82) is 0 Å². The Balaban J connectivity index is 1.90. The lowest BCUT2D eigenvalue weighted by molar-refractivity contribution is -0.000899. The molecule has 0 aromatic rings. The smallest absolute Gasteiger partial charge is 0.0619 e. The Labute approximate surface area is 101 Å². The minimum absolute atomic E-state index is 0.618. The van der Waals surface area contributed by atoms with Crippen LogP contribution in [-0.4, -0.2) is 50.3 Å². The lowest BCUT2D eigenvalue weighted by Gasteiger charge is -2.33. The molecule has 1 heterocycles. The summed E-state index contributed by atoms with van der Waals surface area (Å²) in [6, 6.07) is 0.618. The first kappa shape index (κ1) is 13.9. The molecule has 3 nitrogen and oxygen atoms in total. The van der Waals surface area contributed by atoms with Crippen molar-refractivity contribution >= 4 is 0 Å². The van der Waals surface area contributed by atoms with Crippen molar-refractivity contribution in [2.75, 3.05) is 39.4 Å². The zero-order chi connectivity index (χ0) is 11.6. The number of hydrogen-bond donors (Lipinski definition) is 1. The lowest BCUT2D eigenvalue weighted by Crippen LogP contribution is -2.43. The van der Waals surface area contributed by atoms with Crippen LogP contribution in [0.2, 0.25) is 0 Å². The average molecular weight is 228 g/mol. The maximum atomic E-state index is 5.43. The number of nitrogens with one attached hydrogen (secondary N) is 1. The number of rotatable bonds is 8. The number of hydrogen-bond acceptors (Lipinski definition) is 3. The molecule has 1 N–H and O–H groups in total. The molecule has 0 amide bonds. The SMILES string of the molecule is CCCNCCCCCN1CCOCC1C. The second-order valence-electron chi connectivity index (χ2n) is 4.77. The molecule has 1 aliphatic rings. The molecular weight excluding hydrogens is 200 g/mol. The summed E-state index contributed by atoms with van der Waals surface area (Å²) in [5.74, 6) is 0. The van der Waals surface area contributed by atoms with E-state index < -0.39 is 0 Å². The van der Waals surface area contributed by atoms with Crippen molar-refractivity contribution in [1.82, 2.24) is 10.2 Å². The van der Waals surface area contributed by atoms with E-state index in [2.05, 4.69) is 24.1 Å². The minimum atomic E-state index is 0.618. The summed E-state index contributed by atoms with van der Waals surface area (Å²) >= 11 is 0. The molecule has 0 radical (unpaired) electrons.